The third-order valence-corrected chi connectivity index (χ3v) is 9.53. The smallest absolute Gasteiger partial charge is 0.160 e. The van der Waals surface area contributed by atoms with Crippen LogP contribution >= 0.6 is 0 Å². The first kappa shape index (κ1) is 26.7. The molecule has 0 atom stereocenters. The maximum Gasteiger partial charge on any atom is 0.160 e. The van der Waals surface area contributed by atoms with E-state index in [1.54, 1.807) is 0 Å². The fourth-order valence-corrected chi connectivity index (χ4v) is 7.36. The van der Waals surface area contributed by atoms with Crippen LogP contribution in [0.15, 0.2) is 170 Å². The lowest BCUT2D eigenvalue weighted by atomic mass is 10.0. The first-order valence-electron chi connectivity index (χ1n) is 16.3. The van der Waals surface area contributed by atoms with Gasteiger partial charge in [-0.3, -0.25) is 0 Å². The highest BCUT2D eigenvalue weighted by molar-refractivity contribution is 6.11. The maximum atomic E-state index is 5.26. The predicted molar refractivity (Wildman–Crippen MR) is 199 cm³/mol. The molecule has 0 saturated carbocycles. The van der Waals surface area contributed by atoms with Crippen molar-refractivity contribution in [3.63, 3.8) is 0 Å². The second kappa shape index (κ2) is 10.5. The first-order chi connectivity index (χ1) is 23.8. The zero-order chi connectivity index (χ0) is 31.6. The molecule has 0 bridgehead atoms. The largest absolute Gasteiger partial charge is 0.309 e. The van der Waals surface area contributed by atoms with E-state index in [1.165, 1.54) is 38.1 Å². The number of rotatable bonds is 4. The van der Waals surface area contributed by atoms with Crippen molar-refractivity contribution >= 4 is 54.5 Å². The van der Waals surface area contributed by atoms with E-state index < -0.39 is 0 Å². The van der Waals surface area contributed by atoms with Gasteiger partial charge in [-0.25, -0.2) is 9.97 Å². The second-order valence-corrected chi connectivity index (χ2v) is 12.2. The first-order valence-corrected chi connectivity index (χ1v) is 16.3. The van der Waals surface area contributed by atoms with Crippen molar-refractivity contribution in [3.05, 3.63) is 170 Å². The Balaban J connectivity index is 1.13. The van der Waals surface area contributed by atoms with Gasteiger partial charge in [-0.05, 0) is 66.7 Å². The molecule has 10 aromatic rings. The second-order valence-electron chi connectivity index (χ2n) is 12.2. The monoisotopic (exact) mass is 612 g/mol. The molecule has 224 valence electrons. The average Bonchev–Trinajstić information content (AvgIpc) is 3.67. The van der Waals surface area contributed by atoms with Gasteiger partial charge in [0.1, 0.15) is 0 Å². The Morgan fingerprint density at radius 2 is 0.812 bits per heavy atom. The quantitative estimate of drug-likeness (QED) is 0.198. The van der Waals surface area contributed by atoms with Crippen LogP contribution in [0.1, 0.15) is 0 Å². The predicted octanol–water partition coefficient (Wildman–Crippen LogP) is 11.2. The number of hydrogen-bond acceptors (Lipinski definition) is 2. The number of para-hydroxylation sites is 5. The van der Waals surface area contributed by atoms with Gasteiger partial charge in [-0.2, -0.15) is 0 Å². The molecule has 0 aliphatic rings. The van der Waals surface area contributed by atoms with Gasteiger partial charge >= 0.3 is 0 Å². The Kier molecular flexibility index (Phi) is 5.84. The van der Waals surface area contributed by atoms with Crippen LogP contribution < -0.4 is 0 Å². The molecule has 0 saturated heterocycles. The molecule has 0 N–H and O–H groups in total. The summed E-state index contributed by atoms with van der Waals surface area (Å²) in [6.45, 7) is 0. The van der Waals surface area contributed by atoms with Gasteiger partial charge in [0.2, 0.25) is 0 Å². The van der Waals surface area contributed by atoms with Crippen molar-refractivity contribution in [2.75, 3.05) is 0 Å². The van der Waals surface area contributed by atoms with Crippen molar-refractivity contribution in [3.8, 4) is 34.0 Å². The summed E-state index contributed by atoms with van der Waals surface area (Å²) in [4.78, 5) is 10.3. The van der Waals surface area contributed by atoms with Crippen LogP contribution in [-0.4, -0.2) is 19.1 Å². The van der Waals surface area contributed by atoms with Gasteiger partial charge in [-0.1, -0.05) is 103 Å². The molecule has 0 unspecified atom stereocenters. The lowest BCUT2D eigenvalue weighted by Crippen LogP contribution is -1.97. The zero-order valence-corrected chi connectivity index (χ0v) is 26.0. The van der Waals surface area contributed by atoms with Gasteiger partial charge in [0.25, 0.3) is 0 Å². The fourth-order valence-electron chi connectivity index (χ4n) is 7.36. The van der Waals surface area contributed by atoms with Crippen molar-refractivity contribution in [1.29, 1.82) is 0 Å². The molecule has 0 radical (unpaired) electrons. The van der Waals surface area contributed by atoms with Crippen LogP contribution in [0, 0.1) is 0 Å². The molecule has 0 aliphatic carbocycles. The minimum absolute atomic E-state index is 0.716. The van der Waals surface area contributed by atoms with Crippen LogP contribution in [-0.2, 0) is 0 Å². The maximum absolute atomic E-state index is 5.26. The Morgan fingerprint density at radius 1 is 0.333 bits per heavy atom. The summed E-state index contributed by atoms with van der Waals surface area (Å²) in [5.41, 5.74) is 10.9. The van der Waals surface area contributed by atoms with Gasteiger partial charge in [-0.15, -0.1) is 0 Å². The lowest BCUT2D eigenvalue weighted by Gasteiger charge is -2.12. The molecule has 3 aromatic heterocycles. The summed E-state index contributed by atoms with van der Waals surface area (Å²) in [6.07, 6.45) is 0. The minimum Gasteiger partial charge on any atom is -0.309 e. The molecule has 4 nitrogen and oxygen atoms in total. The van der Waals surface area contributed by atoms with E-state index in [9.17, 15) is 0 Å². The summed E-state index contributed by atoms with van der Waals surface area (Å²) in [5.74, 6) is 0.716. The Morgan fingerprint density at radius 3 is 1.46 bits per heavy atom. The number of fused-ring (bicyclic) bond motifs is 7. The molecule has 0 spiro atoms. The Labute approximate surface area is 276 Å². The SMILES string of the molecule is c1ccc(-n2c3ccccc3c3cc(-c4nc(-c5ccc(-n6c7ccccc7c7ccccc76)cc5)c5ccccc5n4)ccc32)cc1. The molecule has 10 rings (SSSR count). The Hall–Kier alpha value is -6.52. The van der Waals surface area contributed by atoms with Crippen molar-refractivity contribution in [1.82, 2.24) is 19.1 Å². The number of nitrogens with zero attached hydrogens (tertiary/aromatic N) is 4. The summed E-state index contributed by atoms with van der Waals surface area (Å²) in [7, 11) is 0. The molecule has 4 heteroatoms. The molecule has 7 aromatic carbocycles. The van der Waals surface area contributed by atoms with Crippen LogP contribution in [0.25, 0.3) is 88.5 Å². The molecular weight excluding hydrogens is 585 g/mol. The third kappa shape index (κ3) is 4.03. The number of aromatic nitrogens is 4. The molecular formula is C44H28N4. The highest BCUT2D eigenvalue weighted by atomic mass is 15.0. The summed E-state index contributed by atoms with van der Waals surface area (Å²) >= 11 is 0. The summed E-state index contributed by atoms with van der Waals surface area (Å²) in [5, 5.41) is 5.94. The van der Waals surface area contributed by atoms with Crippen LogP contribution in [0.5, 0.6) is 0 Å². The standard InChI is InChI=1S/C44H28N4/c1-2-12-31(13-3-1)47-41-21-11-7-16-35(41)37-28-30(24-27-42(37)47)44-45-38-18-8-4-17-36(38)43(46-44)29-22-25-32(26-23-29)48-39-19-9-5-14-33(39)34-15-6-10-20-40(34)48/h1-28H. The molecule has 0 aliphatic heterocycles. The van der Waals surface area contributed by atoms with Crippen molar-refractivity contribution < 1.29 is 0 Å². The Bertz CT molecular complexity index is 2770. The van der Waals surface area contributed by atoms with Crippen molar-refractivity contribution in [2.45, 2.75) is 0 Å². The molecule has 3 heterocycles. The van der Waals surface area contributed by atoms with E-state index >= 15 is 0 Å². The van der Waals surface area contributed by atoms with E-state index in [4.69, 9.17) is 9.97 Å². The van der Waals surface area contributed by atoms with E-state index in [-0.39, 0.29) is 0 Å². The van der Waals surface area contributed by atoms with Crippen LogP contribution in [0.4, 0.5) is 0 Å². The van der Waals surface area contributed by atoms with E-state index in [2.05, 4.69) is 173 Å². The zero-order valence-electron chi connectivity index (χ0n) is 26.0. The highest BCUT2D eigenvalue weighted by Crippen LogP contribution is 2.37. The fraction of sp³-hybridized carbons (Fsp3) is 0. The van der Waals surface area contributed by atoms with E-state index in [1.807, 2.05) is 6.07 Å². The van der Waals surface area contributed by atoms with Gasteiger partial charge in [0, 0.05) is 49.4 Å². The van der Waals surface area contributed by atoms with Crippen molar-refractivity contribution in [2.24, 2.45) is 0 Å². The van der Waals surface area contributed by atoms with E-state index in [0.717, 1.165) is 44.6 Å². The lowest BCUT2D eigenvalue weighted by molar-refractivity contribution is 1.18. The summed E-state index contributed by atoms with van der Waals surface area (Å²) < 4.78 is 4.68. The molecule has 48 heavy (non-hydrogen) atoms. The average molecular weight is 613 g/mol. The number of hydrogen-bond donors (Lipinski definition) is 0. The van der Waals surface area contributed by atoms with Gasteiger partial charge in [0.15, 0.2) is 5.82 Å². The van der Waals surface area contributed by atoms with E-state index in [0.29, 0.717) is 5.82 Å². The summed E-state index contributed by atoms with van der Waals surface area (Å²) in [6, 6.07) is 60.1. The minimum atomic E-state index is 0.716. The normalized spacial score (nSPS) is 11.8. The van der Waals surface area contributed by atoms with Crippen LogP contribution in [0.3, 0.4) is 0 Å². The van der Waals surface area contributed by atoms with Gasteiger partial charge < -0.3 is 9.13 Å². The van der Waals surface area contributed by atoms with Crippen LogP contribution in [0.2, 0.25) is 0 Å². The topological polar surface area (TPSA) is 35.6 Å². The number of benzene rings is 7. The highest BCUT2D eigenvalue weighted by Gasteiger charge is 2.17. The third-order valence-electron chi connectivity index (χ3n) is 9.53. The molecule has 0 fully saturated rings. The van der Waals surface area contributed by atoms with Gasteiger partial charge in [0.05, 0.1) is 33.3 Å². The molecule has 0 amide bonds.